The third kappa shape index (κ3) is 19.1. The van der Waals surface area contributed by atoms with Crippen LogP contribution in [0.25, 0.3) is 0 Å². The minimum absolute atomic E-state index is 1.26. The number of hydrogen-bond donors (Lipinski definition) is 2. The lowest BCUT2D eigenvalue weighted by molar-refractivity contribution is 0.381. The summed E-state index contributed by atoms with van der Waals surface area (Å²) >= 11 is 0. The molecule has 0 amide bonds. The molecule has 5 heteroatoms. The Morgan fingerprint density at radius 3 is 1.71 bits per heavy atom. The van der Waals surface area contributed by atoms with Crippen molar-refractivity contribution in [1.29, 1.82) is 0 Å². The first-order valence-electron chi connectivity index (χ1n) is 7.67. The Labute approximate surface area is 129 Å². The van der Waals surface area contributed by atoms with Crippen LogP contribution in [0.5, 0.6) is 0 Å². The second-order valence-corrected chi connectivity index (χ2v) is 6.05. The van der Waals surface area contributed by atoms with Crippen LogP contribution in [0.1, 0.15) is 63.9 Å². The molecule has 0 radical (unpaired) electrons. The van der Waals surface area contributed by atoms with Gasteiger partial charge in [-0.2, -0.15) is 8.42 Å². The average molecular weight is 316 g/mol. The van der Waals surface area contributed by atoms with E-state index >= 15 is 0 Å². The van der Waals surface area contributed by atoms with E-state index in [0.717, 1.165) is 0 Å². The fraction of sp³-hybridized carbons (Fsp3) is 0.625. The SMILES string of the molecule is CCCCCCCCCCc1ccccc1.O=S(=O)(O)O. The van der Waals surface area contributed by atoms with Crippen LogP contribution in [-0.2, 0) is 16.8 Å². The summed E-state index contributed by atoms with van der Waals surface area (Å²) < 4.78 is 31.6. The van der Waals surface area contributed by atoms with Crippen molar-refractivity contribution in [1.82, 2.24) is 0 Å². The van der Waals surface area contributed by atoms with Gasteiger partial charge in [0.05, 0.1) is 0 Å². The van der Waals surface area contributed by atoms with Gasteiger partial charge in [0.15, 0.2) is 0 Å². The lowest BCUT2D eigenvalue weighted by atomic mass is 10.0. The molecule has 122 valence electrons. The normalized spacial score (nSPS) is 10.8. The van der Waals surface area contributed by atoms with Crippen molar-refractivity contribution in [2.45, 2.75) is 64.7 Å². The molecule has 0 bridgehead atoms. The molecular formula is C16H28O4S. The zero-order valence-electron chi connectivity index (χ0n) is 12.9. The van der Waals surface area contributed by atoms with E-state index in [1.807, 2.05) is 0 Å². The molecular weight excluding hydrogens is 288 g/mol. The maximum Gasteiger partial charge on any atom is 0.394 e. The first kappa shape index (κ1) is 20.1. The third-order valence-corrected chi connectivity index (χ3v) is 3.16. The van der Waals surface area contributed by atoms with Gasteiger partial charge in [-0.05, 0) is 18.4 Å². The number of aryl methyl sites for hydroxylation is 1. The topological polar surface area (TPSA) is 74.6 Å². The molecule has 1 aromatic rings. The van der Waals surface area contributed by atoms with E-state index in [2.05, 4.69) is 37.3 Å². The Morgan fingerprint density at radius 2 is 1.24 bits per heavy atom. The van der Waals surface area contributed by atoms with Crippen molar-refractivity contribution in [3.63, 3.8) is 0 Å². The van der Waals surface area contributed by atoms with Crippen molar-refractivity contribution in [2.24, 2.45) is 0 Å². The summed E-state index contributed by atoms with van der Waals surface area (Å²) in [7, 11) is -4.67. The first-order valence-corrected chi connectivity index (χ1v) is 9.07. The molecule has 0 heterocycles. The van der Waals surface area contributed by atoms with E-state index in [1.165, 1.54) is 63.4 Å². The zero-order chi connectivity index (χ0) is 16.0. The summed E-state index contributed by atoms with van der Waals surface area (Å²) in [5.41, 5.74) is 1.49. The van der Waals surface area contributed by atoms with E-state index in [1.54, 1.807) is 0 Å². The van der Waals surface area contributed by atoms with Crippen LogP contribution in [0.4, 0.5) is 0 Å². The highest BCUT2D eigenvalue weighted by atomic mass is 32.3. The summed E-state index contributed by atoms with van der Waals surface area (Å²) in [6.45, 7) is 2.28. The summed E-state index contributed by atoms with van der Waals surface area (Å²) in [6, 6.07) is 10.8. The maximum atomic E-state index is 8.74. The number of hydrogen-bond acceptors (Lipinski definition) is 2. The first-order chi connectivity index (χ1) is 9.93. The molecule has 0 aliphatic heterocycles. The Morgan fingerprint density at radius 1 is 0.810 bits per heavy atom. The second kappa shape index (κ2) is 12.8. The largest absolute Gasteiger partial charge is 0.394 e. The standard InChI is InChI=1S/C16H26.H2O4S/c1-2-3-4-5-6-7-8-10-13-16-14-11-9-12-15-16;1-5(2,3)4/h9,11-12,14-15H,2-8,10,13H2,1H3;(H2,1,2,3,4). The van der Waals surface area contributed by atoms with Gasteiger partial charge in [-0.15, -0.1) is 0 Å². The summed E-state index contributed by atoms with van der Waals surface area (Å²) in [5.74, 6) is 0. The van der Waals surface area contributed by atoms with Crippen LogP contribution in [0.15, 0.2) is 30.3 Å². The van der Waals surface area contributed by atoms with Gasteiger partial charge >= 0.3 is 10.4 Å². The molecule has 0 fully saturated rings. The molecule has 1 aromatic carbocycles. The Kier molecular flexibility index (Phi) is 12.2. The van der Waals surface area contributed by atoms with Gasteiger partial charge in [-0.25, -0.2) is 0 Å². The summed E-state index contributed by atoms with van der Waals surface area (Å²) in [5, 5.41) is 0. The molecule has 0 aliphatic rings. The van der Waals surface area contributed by atoms with Crippen molar-refractivity contribution < 1.29 is 17.5 Å². The fourth-order valence-corrected chi connectivity index (χ4v) is 2.11. The predicted octanol–water partition coefficient (Wildman–Crippen LogP) is 4.72. The van der Waals surface area contributed by atoms with Gasteiger partial charge in [-0.1, -0.05) is 82.2 Å². The van der Waals surface area contributed by atoms with E-state index in [-0.39, 0.29) is 0 Å². The van der Waals surface area contributed by atoms with Crippen molar-refractivity contribution >= 4 is 10.4 Å². The average Bonchev–Trinajstić information content (AvgIpc) is 2.41. The van der Waals surface area contributed by atoms with Gasteiger partial charge in [0.2, 0.25) is 0 Å². The zero-order valence-corrected chi connectivity index (χ0v) is 13.7. The number of unbranched alkanes of at least 4 members (excludes halogenated alkanes) is 7. The molecule has 0 saturated carbocycles. The van der Waals surface area contributed by atoms with E-state index < -0.39 is 10.4 Å². The maximum absolute atomic E-state index is 8.74. The highest BCUT2D eigenvalue weighted by Crippen LogP contribution is 2.10. The molecule has 0 atom stereocenters. The number of rotatable bonds is 9. The van der Waals surface area contributed by atoms with Gasteiger partial charge < -0.3 is 0 Å². The van der Waals surface area contributed by atoms with Gasteiger partial charge in [0, 0.05) is 0 Å². The fourth-order valence-electron chi connectivity index (χ4n) is 2.11. The van der Waals surface area contributed by atoms with Crippen LogP contribution in [0, 0.1) is 0 Å². The lowest BCUT2D eigenvalue weighted by Gasteiger charge is -2.02. The Bertz CT molecular complexity index is 421. The molecule has 0 aliphatic carbocycles. The second-order valence-electron chi connectivity index (χ2n) is 5.16. The van der Waals surface area contributed by atoms with Crippen LogP contribution < -0.4 is 0 Å². The van der Waals surface area contributed by atoms with Crippen LogP contribution in [-0.4, -0.2) is 17.5 Å². The molecule has 0 unspecified atom stereocenters. The lowest BCUT2D eigenvalue weighted by Crippen LogP contribution is -1.89. The molecule has 0 saturated heterocycles. The summed E-state index contributed by atoms with van der Waals surface area (Å²) in [4.78, 5) is 0. The predicted molar refractivity (Wildman–Crippen MR) is 86.9 cm³/mol. The molecule has 0 spiro atoms. The quantitative estimate of drug-likeness (QED) is 0.511. The molecule has 0 aromatic heterocycles. The number of benzene rings is 1. The highest BCUT2D eigenvalue weighted by molar-refractivity contribution is 7.79. The minimum Gasteiger partial charge on any atom is -0.264 e. The van der Waals surface area contributed by atoms with Crippen LogP contribution in [0.3, 0.4) is 0 Å². The smallest absolute Gasteiger partial charge is 0.264 e. The van der Waals surface area contributed by atoms with Crippen molar-refractivity contribution in [3.05, 3.63) is 35.9 Å². The van der Waals surface area contributed by atoms with E-state index in [0.29, 0.717) is 0 Å². The van der Waals surface area contributed by atoms with E-state index in [9.17, 15) is 0 Å². The van der Waals surface area contributed by atoms with Crippen LogP contribution >= 0.6 is 0 Å². The van der Waals surface area contributed by atoms with Crippen molar-refractivity contribution in [2.75, 3.05) is 0 Å². The highest BCUT2D eigenvalue weighted by Gasteiger charge is 1.93. The van der Waals surface area contributed by atoms with Gasteiger partial charge in [0.25, 0.3) is 0 Å². The van der Waals surface area contributed by atoms with Crippen LogP contribution in [0.2, 0.25) is 0 Å². The molecule has 21 heavy (non-hydrogen) atoms. The Balaban J connectivity index is 0.000000690. The molecule has 1 rings (SSSR count). The molecule has 4 nitrogen and oxygen atoms in total. The minimum atomic E-state index is -4.67. The van der Waals surface area contributed by atoms with E-state index in [4.69, 9.17) is 17.5 Å². The Hall–Kier alpha value is -0.910. The monoisotopic (exact) mass is 316 g/mol. The third-order valence-electron chi connectivity index (χ3n) is 3.16. The van der Waals surface area contributed by atoms with Gasteiger partial charge in [-0.3, -0.25) is 9.11 Å². The van der Waals surface area contributed by atoms with Gasteiger partial charge in [0.1, 0.15) is 0 Å². The molecule has 2 N–H and O–H groups in total. The van der Waals surface area contributed by atoms with Crippen molar-refractivity contribution in [3.8, 4) is 0 Å². The summed E-state index contributed by atoms with van der Waals surface area (Å²) in [6.07, 6.45) is 12.5.